The number of hydrogen-bond acceptors (Lipinski definition) is 5. The monoisotopic (exact) mass is 274 g/mol. The molecule has 1 aromatic heterocycles. The molecule has 8 heteroatoms. The molecule has 0 spiro atoms. The Morgan fingerprint density at radius 2 is 2.11 bits per heavy atom. The second kappa shape index (κ2) is 4.31. The summed E-state index contributed by atoms with van der Waals surface area (Å²) in [5.74, 6) is 0.613. The third-order valence-electron chi connectivity index (χ3n) is 3.72. The van der Waals surface area contributed by atoms with Crippen molar-refractivity contribution in [3.05, 3.63) is 17.8 Å². The molecule has 5 nitrogen and oxygen atoms in total. The predicted molar refractivity (Wildman–Crippen MR) is 60.3 cm³/mol. The van der Waals surface area contributed by atoms with Gasteiger partial charge in [-0.3, -0.25) is 0 Å². The lowest BCUT2D eigenvalue weighted by Crippen LogP contribution is -2.65. The van der Waals surface area contributed by atoms with Gasteiger partial charge in [-0.15, -0.1) is 10.2 Å². The maximum atomic E-state index is 12.3. The Bertz CT molecular complexity index is 464. The van der Waals surface area contributed by atoms with Gasteiger partial charge in [-0.25, -0.2) is 0 Å². The molecule has 1 saturated heterocycles. The van der Waals surface area contributed by atoms with Gasteiger partial charge in [0.2, 0.25) is 0 Å². The fourth-order valence-electron chi connectivity index (χ4n) is 2.66. The van der Waals surface area contributed by atoms with Crippen LogP contribution in [-0.4, -0.2) is 35.0 Å². The maximum Gasteiger partial charge on any atom is 0.435 e. The van der Waals surface area contributed by atoms with E-state index in [2.05, 4.69) is 15.5 Å². The lowest BCUT2D eigenvalue weighted by molar-refractivity contribution is -0.141. The van der Waals surface area contributed by atoms with Crippen molar-refractivity contribution in [2.24, 2.45) is 11.7 Å². The fraction of sp³-hybridized carbons (Fsp3) is 0.636. The molecule has 2 heterocycles. The quantitative estimate of drug-likeness (QED) is 0.842. The smallest absolute Gasteiger partial charge is 0.376 e. The lowest BCUT2D eigenvalue weighted by Gasteiger charge is -2.45. The van der Waals surface area contributed by atoms with Gasteiger partial charge in [0.25, 0.3) is 0 Å². The van der Waals surface area contributed by atoms with Crippen molar-refractivity contribution < 1.29 is 17.9 Å². The van der Waals surface area contributed by atoms with Crippen LogP contribution < -0.4 is 11.1 Å². The first-order chi connectivity index (χ1) is 8.97. The van der Waals surface area contributed by atoms with E-state index in [0.29, 0.717) is 12.5 Å². The van der Waals surface area contributed by atoms with E-state index in [4.69, 9.17) is 10.5 Å². The molecule has 0 bridgehead atoms. The van der Waals surface area contributed by atoms with Gasteiger partial charge in [0.05, 0.1) is 12.1 Å². The largest absolute Gasteiger partial charge is 0.435 e. The summed E-state index contributed by atoms with van der Waals surface area (Å²) in [4.78, 5) is 0. The molecule has 1 aromatic rings. The molecule has 1 aliphatic heterocycles. The highest BCUT2D eigenvalue weighted by molar-refractivity contribution is 5.38. The molecule has 3 rings (SSSR count). The van der Waals surface area contributed by atoms with Crippen LogP contribution in [0.3, 0.4) is 0 Å². The molecule has 0 radical (unpaired) electrons. The first kappa shape index (κ1) is 12.6. The first-order valence-electron chi connectivity index (χ1n) is 6.01. The Morgan fingerprint density at radius 1 is 1.32 bits per heavy atom. The van der Waals surface area contributed by atoms with Gasteiger partial charge in [-0.1, -0.05) is 0 Å². The third kappa shape index (κ3) is 2.14. The molecule has 2 fully saturated rings. The average Bonchev–Trinajstić information content (AvgIpc) is 2.80. The Balaban J connectivity index is 1.67. The van der Waals surface area contributed by atoms with E-state index in [1.54, 1.807) is 0 Å². The number of alkyl halides is 3. The average molecular weight is 274 g/mol. The van der Waals surface area contributed by atoms with Gasteiger partial charge in [0, 0.05) is 18.6 Å². The summed E-state index contributed by atoms with van der Waals surface area (Å²) in [6.45, 7) is 0.680. The Kier molecular flexibility index (Phi) is 2.86. The van der Waals surface area contributed by atoms with Crippen molar-refractivity contribution in [3.63, 3.8) is 0 Å². The number of aromatic nitrogens is 2. The summed E-state index contributed by atoms with van der Waals surface area (Å²) in [5.41, 5.74) is 4.98. The van der Waals surface area contributed by atoms with E-state index in [-0.39, 0.29) is 24.0 Å². The van der Waals surface area contributed by atoms with Gasteiger partial charge < -0.3 is 15.8 Å². The number of rotatable bonds is 2. The standard InChI is InChI=1S/C11H13F3N4O/c12-11(13,14)6-1-2-7(18-17-6)16-9-8(15)5-3-4-19-10(5)9/h1-2,5,8-10H,3-4,15H2,(H,16,18). The molecule has 2 aliphatic rings. The minimum absolute atomic E-state index is 0.0269. The highest BCUT2D eigenvalue weighted by atomic mass is 19.4. The van der Waals surface area contributed by atoms with Crippen LogP contribution >= 0.6 is 0 Å². The maximum absolute atomic E-state index is 12.3. The molecule has 4 atom stereocenters. The van der Waals surface area contributed by atoms with E-state index >= 15 is 0 Å². The second-order valence-electron chi connectivity index (χ2n) is 4.84. The predicted octanol–water partition coefficient (Wildman–Crippen LogP) is 1.02. The highest BCUT2D eigenvalue weighted by Crippen LogP contribution is 2.39. The van der Waals surface area contributed by atoms with E-state index in [1.165, 1.54) is 6.07 Å². The summed E-state index contributed by atoms with van der Waals surface area (Å²) in [6, 6.07) is 1.98. The van der Waals surface area contributed by atoms with Crippen LogP contribution in [0.1, 0.15) is 12.1 Å². The van der Waals surface area contributed by atoms with Crippen LogP contribution in [0.15, 0.2) is 12.1 Å². The lowest BCUT2D eigenvalue weighted by atomic mass is 9.72. The van der Waals surface area contributed by atoms with Crippen LogP contribution in [0.5, 0.6) is 0 Å². The molecule has 19 heavy (non-hydrogen) atoms. The summed E-state index contributed by atoms with van der Waals surface area (Å²) >= 11 is 0. The van der Waals surface area contributed by atoms with Crippen LogP contribution in [0.4, 0.5) is 19.0 Å². The molecule has 0 aromatic carbocycles. The zero-order chi connectivity index (χ0) is 13.6. The second-order valence-corrected chi connectivity index (χ2v) is 4.84. The van der Waals surface area contributed by atoms with Gasteiger partial charge in [-0.05, 0) is 18.6 Å². The minimum atomic E-state index is -4.47. The summed E-state index contributed by atoms with van der Waals surface area (Å²) < 4.78 is 42.5. The summed E-state index contributed by atoms with van der Waals surface area (Å²) in [7, 11) is 0. The van der Waals surface area contributed by atoms with Crippen molar-refractivity contribution in [3.8, 4) is 0 Å². The fourth-order valence-corrected chi connectivity index (χ4v) is 2.66. The van der Waals surface area contributed by atoms with E-state index in [0.717, 1.165) is 12.5 Å². The van der Waals surface area contributed by atoms with Crippen LogP contribution in [0.2, 0.25) is 0 Å². The van der Waals surface area contributed by atoms with Gasteiger partial charge in [-0.2, -0.15) is 13.2 Å². The molecular formula is C11H13F3N4O. The van der Waals surface area contributed by atoms with Crippen molar-refractivity contribution in [2.75, 3.05) is 11.9 Å². The van der Waals surface area contributed by atoms with Crippen molar-refractivity contribution >= 4 is 5.82 Å². The SMILES string of the molecule is NC1C2CCOC2C1Nc1ccc(C(F)(F)F)nn1. The molecule has 1 aliphatic carbocycles. The highest BCUT2D eigenvalue weighted by Gasteiger charge is 2.52. The molecule has 0 amide bonds. The number of halogens is 3. The van der Waals surface area contributed by atoms with Crippen LogP contribution in [0.25, 0.3) is 0 Å². The zero-order valence-electron chi connectivity index (χ0n) is 9.89. The number of hydrogen-bond donors (Lipinski definition) is 2. The molecular weight excluding hydrogens is 261 g/mol. The number of nitrogens with one attached hydrogen (secondary N) is 1. The third-order valence-corrected chi connectivity index (χ3v) is 3.72. The molecule has 104 valence electrons. The number of fused-ring (bicyclic) bond motifs is 1. The normalized spacial score (nSPS) is 33.7. The number of nitrogens with zero attached hydrogens (tertiary/aromatic N) is 2. The molecule has 1 saturated carbocycles. The Morgan fingerprint density at radius 3 is 2.74 bits per heavy atom. The van der Waals surface area contributed by atoms with Gasteiger partial charge >= 0.3 is 6.18 Å². The molecule has 3 N–H and O–H groups in total. The van der Waals surface area contributed by atoms with Crippen molar-refractivity contribution in [2.45, 2.75) is 30.8 Å². The number of ether oxygens (including phenoxy) is 1. The van der Waals surface area contributed by atoms with Gasteiger partial charge in [0.1, 0.15) is 5.82 Å². The summed E-state index contributed by atoms with van der Waals surface area (Å²) in [5, 5.41) is 9.66. The van der Waals surface area contributed by atoms with E-state index in [1.807, 2.05) is 0 Å². The topological polar surface area (TPSA) is 73.1 Å². The zero-order valence-corrected chi connectivity index (χ0v) is 9.89. The summed E-state index contributed by atoms with van der Waals surface area (Å²) in [6.07, 6.45) is -3.51. The van der Waals surface area contributed by atoms with Gasteiger partial charge in [0.15, 0.2) is 5.69 Å². The van der Waals surface area contributed by atoms with Crippen molar-refractivity contribution in [1.82, 2.24) is 10.2 Å². The van der Waals surface area contributed by atoms with Crippen LogP contribution in [-0.2, 0) is 10.9 Å². The number of nitrogens with two attached hydrogens (primary N) is 1. The molecule has 4 unspecified atom stereocenters. The number of anilines is 1. The van der Waals surface area contributed by atoms with E-state index < -0.39 is 11.9 Å². The van der Waals surface area contributed by atoms with Crippen molar-refractivity contribution in [1.29, 1.82) is 0 Å². The Hall–Kier alpha value is -1.41. The first-order valence-corrected chi connectivity index (χ1v) is 6.01. The van der Waals surface area contributed by atoms with E-state index in [9.17, 15) is 13.2 Å². The minimum Gasteiger partial charge on any atom is -0.376 e. The van der Waals surface area contributed by atoms with Crippen LogP contribution in [0, 0.1) is 5.92 Å². The Labute approximate surface area is 107 Å².